The van der Waals surface area contributed by atoms with Gasteiger partial charge in [-0.1, -0.05) is 0 Å². The van der Waals surface area contributed by atoms with Crippen LogP contribution < -0.4 is 0 Å². The molecule has 0 fully saturated rings. The Morgan fingerprint density at radius 2 is 1.33 bits per heavy atom. The third-order valence-corrected chi connectivity index (χ3v) is 4.80. The van der Waals surface area contributed by atoms with Crippen LogP contribution in [-0.2, 0) is 13.5 Å². The molecule has 0 aromatic heterocycles. The molecule has 0 nitrogen and oxygen atoms in total. The van der Waals surface area contributed by atoms with E-state index >= 15 is 0 Å². The van der Waals surface area contributed by atoms with E-state index in [1.54, 1.807) is 0 Å². The summed E-state index contributed by atoms with van der Waals surface area (Å²) in [5.41, 5.74) is 0. The molecule has 0 bridgehead atoms. The van der Waals surface area contributed by atoms with Crippen LogP contribution in [0.3, 0.4) is 0 Å². The van der Waals surface area contributed by atoms with Crippen molar-refractivity contribution < 1.29 is 13.5 Å². The van der Waals surface area contributed by atoms with Crippen LogP contribution in [0, 0.1) is 0 Å². The van der Waals surface area contributed by atoms with Crippen molar-refractivity contribution in [3.05, 3.63) is 21.2 Å². The average molecular weight is 259 g/mol. The van der Waals surface area contributed by atoms with E-state index in [0.29, 0.717) is 0 Å². The topological polar surface area (TPSA) is 0 Å². The van der Waals surface area contributed by atoms with Crippen molar-refractivity contribution in [1.82, 2.24) is 0 Å². The van der Waals surface area contributed by atoms with E-state index in [-0.39, 0.29) is 0 Å². The minimum absolute atomic E-state index is 1.87. The molecule has 0 saturated heterocycles. The molecule has 0 rings (SSSR count). The van der Waals surface area contributed by atoms with Gasteiger partial charge >= 0.3 is 67.7 Å². The molecular formula is C6H10Cl2Pd. The number of rotatable bonds is 2. The third-order valence-electron chi connectivity index (χ3n) is 0.492. The molecule has 58 valence electrons. The Balaban J connectivity index is 4.01. The molecule has 0 aliphatic heterocycles. The van der Waals surface area contributed by atoms with E-state index in [2.05, 4.69) is 0 Å². The van der Waals surface area contributed by atoms with E-state index in [1.165, 1.54) is 0 Å². The molecule has 0 radical (unpaired) electrons. The first kappa shape index (κ1) is 9.72. The summed E-state index contributed by atoms with van der Waals surface area (Å²) in [6.07, 6.45) is 3.77. The molecule has 0 heterocycles. The Morgan fingerprint density at radius 1 is 1.00 bits per heavy atom. The summed E-state index contributed by atoms with van der Waals surface area (Å²) in [6, 6.07) is 0. The predicted octanol–water partition coefficient (Wildman–Crippen LogP) is 3.52. The van der Waals surface area contributed by atoms with Crippen LogP contribution >= 0.6 is 19.1 Å². The van der Waals surface area contributed by atoms with Gasteiger partial charge in [-0.25, -0.2) is 0 Å². The van der Waals surface area contributed by atoms with Crippen molar-refractivity contribution in [2.24, 2.45) is 0 Å². The van der Waals surface area contributed by atoms with Gasteiger partial charge in [-0.2, -0.15) is 0 Å². The van der Waals surface area contributed by atoms with Gasteiger partial charge < -0.3 is 0 Å². The van der Waals surface area contributed by atoms with Crippen molar-refractivity contribution >= 4 is 19.1 Å². The van der Waals surface area contributed by atoms with Gasteiger partial charge in [-0.15, -0.1) is 0 Å². The summed E-state index contributed by atoms with van der Waals surface area (Å²) >= 11 is -2.22. The van der Waals surface area contributed by atoms with Gasteiger partial charge in [0.25, 0.3) is 0 Å². The summed E-state index contributed by atoms with van der Waals surface area (Å²) in [5, 5.41) is 0. The van der Waals surface area contributed by atoms with Crippen molar-refractivity contribution in [2.75, 3.05) is 0 Å². The standard InChI is InChI=1S/2C3H5.2ClH.Pd/c2*1-3-2;;;/h2*1,3H,2H3;2*1H;/q;;;;+2/p-2. The Hall–Kier alpha value is 0.722. The van der Waals surface area contributed by atoms with E-state index in [9.17, 15) is 0 Å². The van der Waals surface area contributed by atoms with Crippen molar-refractivity contribution in [3.63, 3.8) is 0 Å². The first-order chi connectivity index (χ1) is 4.12. The Morgan fingerprint density at radius 3 is 1.56 bits per heavy atom. The van der Waals surface area contributed by atoms with Crippen LogP contribution in [0.15, 0.2) is 21.2 Å². The van der Waals surface area contributed by atoms with Gasteiger partial charge in [0.1, 0.15) is 0 Å². The van der Waals surface area contributed by atoms with Crippen molar-refractivity contribution in [2.45, 2.75) is 13.8 Å². The van der Waals surface area contributed by atoms with Crippen LogP contribution in [0.1, 0.15) is 13.8 Å². The zero-order valence-corrected chi connectivity index (χ0v) is 8.45. The maximum atomic E-state index is 5.88. The molecule has 0 spiro atoms. The molecule has 0 aromatic carbocycles. The zero-order valence-electron chi connectivity index (χ0n) is 5.38. The molecule has 0 aromatic rings. The first-order valence-corrected chi connectivity index (χ1v) is 8.22. The zero-order chi connectivity index (χ0) is 7.33. The van der Waals surface area contributed by atoms with E-state index in [1.807, 2.05) is 35.1 Å². The monoisotopic (exact) mass is 258 g/mol. The fourth-order valence-corrected chi connectivity index (χ4v) is 3.76. The second-order valence-electron chi connectivity index (χ2n) is 1.30. The Kier molecular flexibility index (Phi) is 4.89. The molecule has 0 aliphatic rings. The summed E-state index contributed by atoms with van der Waals surface area (Å²) in [6.45, 7) is 3.83. The van der Waals surface area contributed by atoms with E-state index in [0.717, 1.165) is 0 Å². The Labute approximate surface area is 67.5 Å². The number of hydrogen-bond donors (Lipinski definition) is 0. The molecule has 0 amide bonds. The van der Waals surface area contributed by atoms with Gasteiger partial charge in [0.05, 0.1) is 0 Å². The molecule has 3 heteroatoms. The van der Waals surface area contributed by atoms with Crippen LogP contribution in [0.5, 0.6) is 0 Å². The number of allylic oxidation sites excluding steroid dienone is 2. The van der Waals surface area contributed by atoms with Crippen molar-refractivity contribution in [3.8, 4) is 0 Å². The summed E-state index contributed by atoms with van der Waals surface area (Å²) < 4.78 is 3.74. The van der Waals surface area contributed by atoms with E-state index in [4.69, 9.17) is 19.1 Å². The van der Waals surface area contributed by atoms with Gasteiger partial charge in [-0.3, -0.25) is 0 Å². The number of hydrogen-bond acceptors (Lipinski definition) is 0. The van der Waals surface area contributed by atoms with Gasteiger partial charge in [0, 0.05) is 0 Å². The minimum atomic E-state index is -2.22. The quantitative estimate of drug-likeness (QED) is 0.666. The molecule has 0 aliphatic carbocycles. The van der Waals surface area contributed by atoms with Gasteiger partial charge in [-0.05, 0) is 0 Å². The fourth-order valence-electron chi connectivity index (χ4n) is 0.316. The molecule has 0 unspecified atom stereocenters. The van der Waals surface area contributed by atoms with Crippen molar-refractivity contribution in [1.29, 1.82) is 0 Å². The summed E-state index contributed by atoms with van der Waals surface area (Å²) in [4.78, 5) is 0. The molecular weight excluding hydrogens is 249 g/mol. The van der Waals surface area contributed by atoms with Crippen LogP contribution in [0.4, 0.5) is 0 Å². The fraction of sp³-hybridized carbons (Fsp3) is 0.333. The third kappa shape index (κ3) is 5.18. The second kappa shape index (κ2) is 4.52. The average Bonchev–Trinajstić information content (AvgIpc) is 1.64. The number of halogens is 2. The molecule has 0 atom stereocenters. The maximum absolute atomic E-state index is 5.88. The van der Waals surface area contributed by atoms with Gasteiger partial charge in [0.2, 0.25) is 0 Å². The first-order valence-electron chi connectivity index (χ1n) is 2.43. The normalized spacial score (nSPS) is 15.6. The van der Waals surface area contributed by atoms with E-state index < -0.39 is 13.5 Å². The van der Waals surface area contributed by atoms with Gasteiger partial charge in [0.15, 0.2) is 0 Å². The second-order valence-corrected chi connectivity index (χ2v) is 9.84. The van der Waals surface area contributed by atoms with Crippen LogP contribution in [-0.4, -0.2) is 0 Å². The molecule has 0 N–H and O–H groups in total. The Bertz CT molecular complexity index is 113. The van der Waals surface area contributed by atoms with Crippen LogP contribution in [0.25, 0.3) is 0 Å². The SMILES string of the molecule is CC=[CH][Pd]([Cl])([Cl])[CH]=CC. The predicted molar refractivity (Wildman–Crippen MR) is 41.3 cm³/mol. The van der Waals surface area contributed by atoms with Crippen LogP contribution in [0.2, 0.25) is 0 Å². The molecule has 9 heavy (non-hydrogen) atoms. The summed E-state index contributed by atoms with van der Waals surface area (Å²) in [7, 11) is 11.8. The molecule has 0 saturated carbocycles. The summed E-state index contributed by atoms with van der Waals surface area (Å²) in [5.74, 6) is 0.